The van der Waals surface area contributed by atoms with Gasteiger partial charge in [-0.05, 0) is 25.7 Å². The summed E-state index contributed by atoms with van der Waals surface area (Å²) in [5, 5.41) is 9.31. The zero-order chi connectivity index (χ0) is 7.40. The van der Waals surface area contributed by atoms with Gasteiger partial charge in [-0.1, -0.05) is 25.0 Å². The van der Waals surface area contributed by atoms with Crippen molar-refractivity contribution in [3.63, 3.8) is 0 Å². The molecule has 58 valence electrons. The Morgan fingerprint density at radius 3 is 3.10 bits per heavy atom. The van der Waals surface area contributed by atoms with E-state index in [0.29, 0.717) is 0 Å². The Morgan fingerprint density at radius 2 is 2.40 bits per heavy atom. The van der Waals surface area contributed by atoms with Crippen LogP contribution in [0.25, 0.3) is 0 Å². The largest absolute Gasteiger partial charge is 0.389 e. The molecule has 1 heteroatoms. The van der Waals surface area contributed by atoms with Crippen LogP contribution < -0.4 is 0 Å². The number of rotatable bonds is 1. The fraction of sp³-hybridized carbons (Fsp3) is 0.778. The molecule has 1 rings (SSSR count). The van der Waals surface area contributed by atoms with Gasteiger partial charge in [-0.3, -0.25) is 0 Å². The minimum absolute atomic E-state index is 0.155. The second-order valence-corrected chi connectivity index (χ2v) is 2.99. The van der Waals surface area contributed by atoms with Gasteiger partial charge < -0.3 is 5.11 Å². The van der Waals surface area contributed by atoms with Crippen molar-refractivity contribution in [3.8, 4) is 0 Å². The fourth-order valence-electron chi connectivity index (χ4n) is 1.44. The maximum Gasteiger partial charge on any atom is 0.0723 e. The van der Waals surface area contributed by atoms with Crippen molar-refractivity contribution in [1.29, 1.82) is 0 Å². The monoisotopic (exact) mass is 140 g/mol. The molecular formula is C9H16O. The molecule has 0 radical (unpaired) electrons. The molecule has 0 spiro atoms. The van der Waals surface area contributed by atoms with Gasteiger partial charge in [0.2, 0.25) is 0 Å². The summed E-state index contributed by atoms with van der Waals surface area (Å²) < 4.78 is 0. The van der Waals surface area contributed by atoms with E-state index in [1.54, 1.807) is 0 Å². The summed E-state index contributed by atoms with van der Waals surface area (Å²) in [6, 6.07) is 0. The second-order valence-electron chi connectivity index (χ2n) is 2.99. The van der Waals surface area contributed by atoms with E-state index in [4.69, 9.17) is 0 Å². The van der Waals surface area contributed by atoms with Gasteiger partial charge in [-0.25, -0.2) is 0 Å². The standard InChI is InChI=1S/C9H16O/c1-2-8-5-3-4-6-9(10)7-8/h7,9-10H,2-6H2,1H3. The van der Waals surface area contributed by atoms with Crippen LogP contribution in [0.15, 0.2) is 11.6 Å². The van der Waals surface area contributed by atoms with Gasteiger partial charge in [-0.2, -0.15) is 0 Å². The van der Waals surface area contributed by atoms with Crippen LogP contribution in [-0.4, -0.2) is 11.2 Å². The van der Waals surface area contributed by atoms with E-state index in [9.17, 15) is 5.11 Å². The number of hydrogen-bond donors (Lipinski definition) is 1. The van der Waals surface area contributed by atoms with Crippen molar-refractivity contribution in [2.45, 2.75) is 45.1 Å². The third kappa shape index (κ3) is 2.14. The maximum absolute atomic E-state index is 9.31. The van der Waals surface area contributed by atoms with Crippen LogP contribution in [0.5, 0.6) is 0 Å². The van der Waals surface area contributed by atoms with Crippen LogP contribution >= 0.6 is 0 Å². The molecule has 0 fully saturated rings. The highest BCUT2D eigenvalue weighted by molar-refractivity contribution is 5.06. The Bertz CT molecular complexity index is 127. The molecule has 0 aromatic heterocycles. The molecule has 10 heavy (non-hydrogen) atoms. The molecule has 1 aliphatic rings. The van der Waals surface area contributed by atoms with E-state index >= 15 is 0 Å². The van der Waals surface area contributed by atoms with Gasteiger partial charge in [0.15, 0.2) is 0 Å². The quantitative estimate of drug-likeness (QED) is 0.554. The summed E-state index contributed by atoms with van der Waals surface area (Å²) in [7, 11) is 0. The molecule has 1 nitrogen and oxygen atoms in total. The van der Waals surface area contributed by atoms with Crippen molar-refractivity contribution >= 4 is 0 Å². The molecule has 0 aromatic carbocycles. The summed E-state index contributed by atoms with van der Waals surface area (Å²) in [5.41, 5.74) is 1.44. The van der Waals surface area contributed by atoms with E-state index in [1.807, 2.05) is 6.08 Å². The van der Waals surface area contributed by atoms with Gasteiger partial charge in [0.1, 0.15) is 0 Å². The highest BCUT2D eigenvalue weighted by Gasteiger charge is 2.06. The molecule has 1 N–H and O–H groups in total. The second kappa shape index (κ2) is 3.77. The first-order valence-corrected chi connectivity index (χ1v) is 4.20. The lowest BCUT2D eigenvalue weighted by atomic mass is 10.1. The number of hydrogen-bond acceptors (Lipinski definition) is 1. The Morgan fingerprint density at radius 1 is 1.60 bits per heavy atom. The van der Waals surface area contributed by atoms with Crippen LogP contribution in [-0.2, 0) is 0 Å². The van der Waals surface area contributed by atoms with E-state index in [0.717, 1.165) is 12.8 Å². The Balaban J connectivity index is 2.50. The summed E-state index contributed by atoms with van der Waals surface area (Å²) in [6.07, 6.45) is 7.59. The average Bonchev–Trinajstić information content (AvgIpc) is 2.13. The lowest BCUT2D eigenvalue weighted by molar-refractivity contribution is 0.211. The Hall–Kier alpha value is -0.300. The van der Waals surface area contributed by atoms with Crippen LogP contribution in [0, 0.1) is 0 Å². The first-order chi connectivity index (χ1) is 4.83. The third-order valence-electron chi connectivity index (χ3n) is 2.13. The van der Waals surface area contributed by atoms with Crippen molar-refractivity contribution in [2.24, 2.45) is 0 Å². The zero-order valence-electron chi connectivity index (χ0n) is 6.64. The molecule has 0 aromatic rings. The smallest absolute Gasteiger partial charge is 0.0723 e. The fourth-order valence-corrected chi connectivity index (χ4v) is 1.44. The van der Waals surface area contributed by atoms with Crippen LogP contribution in [0.4, 0.5) is 0 Å². The molecule has 0 saturated carbocycles. The SMILES string of the molecule is CCC1=CC(O)CCCC1. The van der Waals surface area contributed by atoms with Crippen molar-refractivity contribution in [1.82, 2.24) is 0 Å². The van der Waals surface area contributed by atoms with Gasteiger partial charge in [-0.15, -0.1) is 0 Å². The topological polar surface area (TPSA) is 20.2 Å². The first-order valence-electron chi connectivity index (χ1n) is 4.20. The van der Waals surface area contributed by atoms with Crippen molar-refractivity contribution < 1.29 is 5.11 Å². The van der Waals surface area contributed by atoms with E-state index < -0.39 is 0 Å². The molecule has 0 heterocycles. The lowest BCUT2D eigenvalue weighted by Gasteiger charge is -2.01. The third-order valence-corrected chi connectivity index (χ3v) is 2.13. The minimum atomic E-state index is -0.155. The summed E-state index contributed by atoms with van der Waals surface area (Å²) >= 11 is 0. The zero-order valence-corrected chi connectivity index (χ0v) is 6.64. The average molecular weight is 140 g/mol. The Kier molecular flexibility index (Phi) is 2.94. The van der Waals surface area contributed by atoms with Crippen LogP contribution in [0.2, 0.25) is 0 Å². The molecule has 0 bridgehead atoms. The molecule has 1 unspecified atom stereocenters. The number of allylic oxidation sites excluding steroid dienone is 1. The maximum atomic E-state index is 9.31. The molecule has 0 aliphatic heterocycles. The van der Waals surface area contributed by atoms with E-state index in [2.05, 4.69) is 6.92 Å². The summed E-state index contributed by atoms with van der Waals surface area (Å²) in [6.45, 7) is 2.16. The molecule has 0 saturated heterocycles. The highest BCUT2D eigenvalue weighted by Crippen LogP contribution is 2.19. The van der Waals surface area contributed by atoms with Gasteiger partial charge in [0, 0.05) is 0 Å². The van der Waals surface area contributed by atoms with Crippen molar-refractivity contribution in [2.75, 3.05) is 0 Å². The summed E-state index contributed by atoms with van der Waals surface area (Å²) in [5.74, 6) is 0. The summed E-state index contributed by atoms with van der Waals surface area (Å²) in [4.78, 5) is 0. The van der Waals surface area contributed by atoms with Gasteiger partial charge >= 0.3 is 0 Å². The first kappa shape index (κ1) is 7.80. The number of aliphatic hydroxyl groups excluding tert-OH is 1. The van der Waals surface area contributed by atoms with Gasteiger partial charge in [0.05, 0.1) is 6.10 Å². The Labute approximate surface area is 62.8 Å². The van der Waals surface area contributed by atoms with Gasteiger partial charge in [0.25, 0.3) is 0 Å². The molecule has 1 aliphatic carbocycles. The lowest BCUT2D eigenvalue weighted by Crippen LogP contribution is -1.99. The molecule has 1 atom stereocenters. The van der Waals surface area contributed by atoms with E-state index in [1.165, 1.54) is 24.8 Å². The normalized spacial score (nSPS) is 27.4. The molecular weight excluding hydrogens is 124 g/mol. The predicted molar refractivity (Wildman–Crippen MR) is 42.8 cm³/mol. The van der Waals surface area contributed by atoms with Crippen LogP contribution in [0.1, 0.15) is 39.0 Å². The van der Waals surface area contributed by atoms with Crippen molar-refractivity contribution in [3.05, 3.63) is 11.6 Å². The highest BCUT2D eigenvalue weighted by atomic mass is 16.3. The van der Waals surface area contributed by atoms with E-state index in [-0.39, 0.29) is 6.10 Å². The minimum Gasteiger partial charge on any atom is -0.389 e. The molecule has 0 amide bonds. The predicted octanol–water partition coefficient (Wildman–Crippen LogP) is 2.26. The van der Waals surface area contributed by atoms with Crippen LogP contribution in [0.3, 0.4) is 0 Å². The number of aliphatic hydroxyl groups is 1.